The molecule has 0 aromatic heterocycles. The highest BCUT2D eigenvalue weighted by Crippen LogP contribution is 2.29. The van der Waals surface area contributed by atoms with E-state index in [1.54, 1.807) is 4.90 Å². The van der Waals surface area contributed by atoms with Gasteiger partial charge in [0.1, 0.15) is 0 Å². The number of aromatic hydroxyl groups is 2. The number of phenolic OH excluding ortho intramolecular Hbond substituents is 2. The van der Waals surface area contributed by atoms with Crippen LogP contribution in [0.2, 0.25) is 0 Å². The molecule has 1 fully saturated rings. The smallest absolute Gasteiger partial charge is 0.222 e. The SMILES string of the molecule is C[C@@H]1CCC(=O)N1C[C@H](O)c1ccc(O)c(O)c1. The maximum Gasteiger partial charge on any atom is 0.222 e. The molecule has 1 aliphatic rings. The third kappa shape index (κ3) is 2.41. The zero-order valence-electron chi connectivity index (χ0n) is 10.2. The maximum absolute atomic E-state index is 11.6. The number of phenols is 2. The number of nitrogens with zero attached hydrogens (tertiary/aromatic N) is 1. The first-order chi connectivity index (χ1) is 8.49. The Hall–Kier alpha value is -1.75. The highest BCUT2D eigenvalue weighted by molar-refractivity contribution is 5.78. The van der Waals surface area contributed by atoms with Gasteiger partial charge in [0.15, 0.2) is 11.5 Å². The van der Waals surface area contributed by atoms with Gasteiger partial charge in [0, 0.05) is 12.5 Å². The van der Waals surface area contributed by atoms with Crippen molar-refractivity contribution in [2.75, 3.05) is 6.54 Å². The number of carbonyl (C=O) groups excluding carboxylic acids is 1. The van der Waals surface area contributed by atoms with Crippen molar-refractivity contribution in [3.63, 3.8) is 0 Å². The Morgan fingerprint density at radius 3 is 2.67 bits per heavy atom. The Bertz CT molecular complexity index is 460. The Kier molecular flexibility index (Phi) is 3.43. The molecule has 5 heteroatoms. The molecule has 3 N–H and O–H groups in total. The first-order valence-corrected chi connectivity index (χ1v) is 5.98. The van der Waals surface area contributed by atoms with Gasteiger partial charge in [-0.2, -0.15) is 0 Å². The predicted molar refractivity (Wildman–Crippen MR) is 65.1 cm³/mol. The van der Waals surface area contributed by atoms with Crippen LogP contribution in [-0.4, -0.2) is 38.7 Å². The number of amides is 1. The topological polar surface area (TPSA) is 81.0 Å². The van der Waals surface area contributed by atoms with Crippen molar-refractivity contribution in [2.24, 2.45) is 0 Å². The minimum Gasteiger partial charge on any atom is -0.504 e. The molecule has 2 rings (SSSR count). The van der Waals surface area contributed by atoms with Crippen LogP contribution in [-0.2, 0) is 4.79 Å². The molecule has 0 bridgehead atoms. The van der Waals surface area contributed by atoms with Crippen LogP contribution in [0.5, 0.6) is 11.5 Å². The van der Waals surface area contributed by atoms with Crippen LogP contribution in [0.15, 0.2) is 18.2 Å². The number of aliphatic hydroxyl groups is 1. The molecule has 1 amide bonds. The summed E-state index contributed by atoms with van der Waals surface area (Å²) >= 11 is 0. The fraction of sp³-hybridized carbons (Fsp3) is 0.462. The van der Waals surface area contributed by atoms with E-state index in [1.807, 2.05) is 6.92 Å². The van der Waals surface area contributed by atoms with E-state index < -0.39 is 6.10 Å². The lowest BCUT2D eigenvalue weighted by Gasteiger charge is -2.24. The first kappa shape index (κ1) is 12.7. The Morgan fingerprint density at radius 2 is 2.11 bits per heavy atom. The molecule has 5 nitrogen and oxygen atoms in total. The highest BCUT2D eigenvalue weighted by Gasteiger charge is 2.29. The van der Waals surface area contributed by atoms with Crippen molar-refractivity contribution >= 4 is 5.91 Å². The molecule has 2 atom stereocenters. The van der Waals surface area contributed by atoms with Crippen molar-refractivity contribution in [3.8, 4) is 11.5 Å². The average molecular weight is 251 g/mol. The van der Waals surface area contributed by atoms with E-state index in [0.717, 1.165) is 6.42 Å². The molecule has 1 saturated heterocycles. The van der Waals surface area contributed by atoms with E-state index in [9.17, 15) is 20.1 Å². The van der Waals surface area contributed by atoms with Gasteiger partial charge in [0.05, 0.1) is 12.6 Å². The zero-order valence-corrected chi connectivity index (χ0v) is 10.2. The third-order valence-corrected chi connectivity index (χ3v) is 3.38. The summed E-state index contributed by atoms with van der Waals surface area (Å²) in [4.78, 5) is 13.2. The average Bonchev–Trinajstić information content (AvgIpc) is 2.64. The quantitative estimate of drug-likeness (QED) is 0.704. The molecule has 0 saturated carbocycles. The second kappa shape index (κ2) is 4.86. The monoisotopic (exact) mass is 251 g/mol. The summed E-state index contributed by atoms with van der Waals surface area (Å²) in [5.41, 5.74) is 0.484. The van der Waals surface area contributed by atoms with Crippen LogP contribution in [0.4, 0.5) is 0 Å². The number of hydrogen-bond donors (Lipinski definition) is 3. The van der Waals surface area contributed by atoms with Gasteiger partial charge < -0.3 is 20.2 Å². The van der Waals surface area contributed by atoms with E-state index in [-0.39, 0.29) is 30.0 Å². The van der Waals surface area contributed by atoms with Crippen LogP contribution < -0.4 is 0 Å². The van der Waals surface area contributed by atoms with Crippen molar-refractivity contribution in [3.05, 3.63) is 23.8 Å². The van der Waals surface area contributed by atoms with E-state index in [4.69, 9.17) is 0 Å². The van der Waals surface area contributed by atoms with Crippen molar-refractivity contribution in [1.29, 1.82) is 0 Å². The summed E-state index contributed by atoms with van der Waals surface area (Å²) in [7, 11) is 0. The number of likely N-dealkylation sites (tertiary alicyclic amines) is 1. The summed E-state index contributed by atoms with van der Waals surface area (Å²) in [6.07, 6.45) is 0.474. The highest BCUT2D eigenvalue weighted by atomic mass is 16.3. The third-order valence-electron chi connectivity index (χ3n) is 3.38. The lowest BCUT2D eigenvalue weighted by Crippen LogP contribution is -2.34. The number of aliphatic hydroxyl groups excluding tert-OH is 1. The molecular weight excluding hydrogens is 234 g/mol. The van der Waals surface area contributed by atoms with Crippen LogP contribution in [0, 0.1) is 0 Å². The number of carbonyl (C=O) groups is 1. The number of β-amino-alcohol motifs (C(OH)–C–C–N with tert-alkyl or cyclic N) is 1. The van der Waals surface area contributed by atoms with Gasteiger partial charge in [-0.25, -0.2) is 0 Å². The zero-order chi connectivity index (χ0) is 13.3. The first-order valence-electron chi connectivity index (χ1n) is 5.98. The molecule has 18 heavy (non-hydrogen) atoms. The summed E-state index contributed by atoms with van der Waals surface area (Å²) in [6, 6.07) is 4.30. The second-order valence-corrected chi connectivity index (χ2v) is 4.70. The van der Waals surface area contributed by atoms with E-state index in [2.05, 4.69) is 0 Å². The number of benzene rings is 1. The van der Waals surface area contributed by atoms with E-state index in [0.29, 0.717) is 12.0 Å². The molecule has 0 radical (unpaired) electrons. The van der Waals surface area contributed by atoms with Crippen LogP contribution in [0.3, 0.4) is 0 Å². The van der Waals surface area contributed by atoms with Crippen LogP contribution in [0.25, 0.3) is 0 Å². The maximum atomic E-state index is 11.6. The van der Waals surface area contributed by atoms with Gasteiger partial charge in [0.2, 0.25) is 5.91 Å². The lowest BCUT2D eigenvalue weighted by molar-refractivity contribution is -0.130. The molecule has 1 heterocycles. The fourth-order valence-corrected chi connectivity index (χ4v) is 2.20. The Balaban J connectivity index is 2.09. The standard InChI is InChI=1S/C13H17NO4/c1-8-2-5-13(18)14(8)7-12(17)9-3-4-10(15)11(16)6-9/h3-4,6,8,12,15-17H,2,5,7H2,1H3/t8-,12+/m1/s1. The lowest BCUT2D eigenvalue weighted by atomic mass is 10.1. The summed E-state index contributed by atoms with van der Waals surface area (Å²) in [5.74, 6) is -0.450. The largest absolute Gasteiger partial charge is 0.504 e. The van der Waals surface area contributed by atoms with Crippen LogP contribution >= 0.6 is 0 Å². The van der Waals surface area contributed by atoms with Gasteiger partial charge in [-0.05, 0) is 31.0 Å². The minimum absolute atomic E-state index is 0.0459. The van der Waals surface area contributed by atoms with Gasteiger partial charge in [0.25, 0.3) is 0 Å². The molecule has 1 aromatic carbocycles. The predicted octanol–water partition coefficient (Wildman–Crippen LogP) is 1.14. The fourth-order valence-electron chi connectivity index (χ4n) is 2.20. The molecule has 1 aliphatic heterocycles. The second-order valence-electron chi connectivity index (χ2n) is 4.70. The molecule has 1 aromatic rings. The van der Waals surface area contributed by atoms with Gasteiger partial charge >= 0.3 is 0 Å². The Morgan fingerprint density at radius 1 is 1.39 bits per heavy atom. The summed E-state index contributed by atoms with van der Waals surface area (Å²) in [6.45, 7) is 2.16. The summed E-state index contributed by atoms with van der Waals surface area (Å²) < 4.78 is 0. The van der Waals surface area contributed by atoms with Crippen molar-refractivity contribution in [1.82, 2.24) is 4.90 Å². The van der Waals surface area contributed by atoms with Crippen molar-refractivity contribution in [2.45, 2.75) is 31.9 Å². The van der Waals surface area contributed by atoms with Crippen LogP contribution in [0.1, 0.15) is 31.4 Å². The number of hydrogen-bond acceptors (Lipinski definition) is 4. The van der Waals surface area contributed by atoms with Gasteiger partial charge in [-0.1, -0.05) is 6.07 Å². The van der Waals surface area contributed by atoms with Gasteiger partial charge in [-0.15, -0.1) is 0 Å². The Labute approximate surface area is 105 Å². The molecule has 0 unspecified atom stereocenters. The molecule has 0 spiro atoms. The molecule has 98 valence electrons. The molecular formula is C13H17NO4. The minimum atomic E-state index is -0.860. The normalized spacial score (nSPS) is 21.3. The van der Waals surface area contributed by atoms with E-state index >= 15 is 0 Å². The van der Waals surface area contributed by atoms with E-state index in [1.165, 1.54) is 18.2 Å². The summed E-state index contributed by atoms with van der Waals surface area (Å²) in [5, 5.41) is 28.6. The van der Waals surface area contributed by atoms with Gasteiger partial charge in [-0.3, -0.25) is 4.79 Å². The number of rotatable bonds is 3. The van der Waals surface area contributed by atoms with Crippen molar-refractivity contribution < 1.29 is 20.1 Å². The molecule has 0 aliphatic carbocycles.